The fourth-order valence-electron chi connectivity index (χ4n) is 4.60. The van der Waals surface area contributed by atoms with Gasteiger partial charge in [-0.1, -0.05) is 55.3 Å². The van der Waals surface area contributed by atoms with Gasteiger partial charge in [0.25, 0.3) is 5.91 Å². The van der Waals surface area contributed by atoms with Crippen LogP contribution >= 0.6 is 0 Å². The van der Waals surface area contributed by atoms with E-state index < -0.39 is 0 Å². The number of fused-ring (bicyclic) bond motifs is 2. The van der Waals surface area contributed by atoms with E-state index in [9.17, 15) is 4.79 Å². The summed E-state index contributed by atoms with van der Waals surface area (Å²) in [5.41, 5.74) is 3.87. The van der Waals surface area contributed by atoms with E-state index in [1.807, 2.05) is 31.2 Å². The summed E-state index contributed by atoms with van der Waals surface area (Å²) in [4.78, 5) is 17.5. The van der Waals surface area contributed by atoms with Crippen molar-refractivity contribution in [2.75, 3.05) is 6.54 Å². The SMILES string of the molecule is Cc1ccc2cc3cc(C(=O)NCC4(c5ccccc5)CCCC4)oc3nc2c1. The molecule has 0 spiro atoms. The van der Waals surface area contributed by atoms with Crippen LogP contribution in [0.3, 0.4) is 0 Å². The number of nitrogens with one attached hydrogen (secondary N) is 1. The van der Waals surface area contributed by atoms with Gasteiger partial charge in [-0.15, -0.1) is 0 Å². The van der Waals surface area contributed by atoms with Crippen LogP contribution in [0.1, 0.15) is 47.4 Å². The normalized spacial score (nSPS) is 15.8. The van der Waals surface area contributed by atoms with Gasteiger partial charge in [-0.25, -0.2) is 4.98 Å². The van der Waals surface area contributed by atoms with Crippen molar-refractivity contribution in [3.63, 3.8) is 0 Å². The van der Waals surface area contributed by atoms with Crippen LogP contribution in [0.25, 0.3) is 22.0 Å². The van der Waals surface area contributed by atoms with Gasteiger partial charge in [0.15, 0.2) is 5.76 Å². The number of hydrogen-bond donors (Lipinski definition) is 1. The van der Waals surface area contributed by atoms with E-state index in [2.05, 4.69) is 40.6 Å². The molecule has 146 valence electrons. The van der Waals surface area contributed by atoms with Gasteiger partial charge in [0.2, 0.25) is 5.71 Å². The van der Waals surface area contributed by atoms with Crippen molar-refractivity contribution in [2.24, 2.45) is 0 Å². The molecule has 1 aliphatic rings. The molecule has 4 nitrogen and oxygen atoms in total. The molecule has 4 aromatic rings. The van der Waals surface area contributed by atoms with Crippen molar-refractivity contribution in [3.05, 3.63) is 77.6 Å². The zero-order chi connectivity index (χ0) is 19.8. The summed E-state index contributed by atoms with van der Waals surface area (Å²) in [6.07, 6.45) is 4.60. The lowest BCUT2D eigenvalue weighted by Crippen LogP contribution is -2.38. The Labute approximate surface area is 169 Å². The first-order valence-corrected chi connectivity index (χ1v) is 10.3. The Balaban J connectivity index is 1.40. The Hall–Kier alpha value is -3.14. The number of nitrogens with zero attached hydrogens (tertiary/aromatic N) is 1. The molecule has 2 heterocycles. The molecule has 2 aromatic carbocycles. The third-order valence-electron chi connectivity index (χ3n) is 6.22. The fourth-order valence-corrected chi connectivity index (χ4v) is 4.60. The van der Waals surface area contributed by atoms with E-state index in [1.165, 1.54) is 18.4 Å². The summed E-state index contributed by atoms with van der Waals surface area (Å²) in [5.74, 6) is 0.145. The molecule has 1 aliphatic carbocycles. The van der Waals surface area contributed by atoms with Gasteiger partial charge in [0.05, 0.1) is 5.52 Å². The Morgan fingerprint density at radius 3 is 2.62 bits per heavy atom. The van der Waals surface area contributed by atoms with Crippen LogP contribution in [0.5, 0.6) is 0 Å². The zero-order valence-corrected chi connectivity index (χ0v) is 16.6. The molecule has 2 aromatic heterocycles. The van der Waals surface area contributed by atoms with Crippen LogP contribution in [-0.2, 0) is 5.41 Å². The van der Waals surface area contributed by atoms with Gasteiger partial charge in [-0.2, -0.15) is 0 Å². The minimum absolute atomic E-state index is 0.0212. The van der Waals surface area contributed by atoms with E-state index in [4.69, 9.17) is 4.42 Å². The number of aromatic nitrogens is 1. The second-order valence-electron chi connectivity index (χ2n) is 8.23. The van der Waals surface area contributed by atoms with Crippen LogP contribution in [0.15, 0.2) is 65.1 Å². The van der Waals surface area contributed by atoms with Gasteiger partial charge in [0.1, 0.15) is 0 Å². The molecule has 5 rings (SSSR count). The summed E-state index contributed by atoms with van der Waals surface area (Å²) in [5, 5.41) is 5.03. The molecule has 0 aliphatic heterocycles. The van der Waals surface area contributed by atoms with Crippen LogP contribution in [-0.4, -0.2) is 17.4 Å². The number of hydrogen-bond acceptors (Lipinski definition) is 3. The molecule has 1 fully saturated rings. The van der Waals surface area contributed by atoms with Gasteiger partial charge in [-0.3, -0.25) is 4.79 Å². The Morgan fingerprint density at radius 2 is 1.83 bits per heavy atom. The number of carbonyl (C=O) groups excluding carboxylic acids is 1. The lowest BCUT2D eigenvalue weighted by atomic mass is 9.79. The molecule has 0 saturated heterocycles. The Bertz CT molecular complexity index is 1190. The molecule has 1 amide bonds. The number of benzene rings is 2. The maximum atomic E-state index is 12.9. The minimum atomic E-state index is -0.176. The van der Waals surface area contributed by atoms with Crippen LogP contribution in [0.4, 0.5) is 0 Å². The van der Waals surface area contributed by atoms with E-state index in [0.29, 0.717) is 18.0 Å². The van der Waals surface area contributed by atoms with Gasteiger partial charge in [-0.05, 0) is 49.1 Å². The maximum Gasteiger partial charge on any atom is 0.287 e. The van der Waals surface area contributed by atoms with Crippen molar-refractivity contribution < 1.29 is 9.21 Å². The van der Waals surface area contributed by atoms with Crippen molar-refractivity contribution >= 4 is 27.9 Å². The highest BCUT2D eigenvalue weighted by Crippen LogP contribution is 2.40. The average molecular weight is 384 g/mol. The fraction of sp³-hybridized carbons (Fsp3) is 0.280. The average Bonchev–Trinajstić information content (AvgIpc) is 3.38. The second-order valence-corrected chi connectivity index (χ2v) is 8.23. The number of amides is 1. The first-order valence-electron chi connectivity index (χ1n) is 10.3. The molecule has 0 atom stereocenters. The van der Waals surface area contributed by atoms with E-state index in [1.54, 1.807) is 6.07 Å². The summed E-state index contributed by atoms with van der Waals surface area (Å²) in [6, 6.07) is 20.5. The molecule has 0 radical (unpaired) electrons. The van der Waals surface area contributed by atoms with Crippen molar-refractivity contribution in [3.8, 4) is 0 Å². The maximum absolute atomic E-state index is 12.9. The van der Waals surface area contributed by atoms with Crippen LogP contribution in [0, 0.1) is 6.92 Å². The number of furan rings is 1. The number of rotatable bonds is 4. The third-order valence-corrected chi connectivity index (χ3v) is 6.22. The smallest absolute Gasteiger partial charge is 0.287 e. The monoisotopic (exact) mass is 384 g/mol. The van der Waals surface area contributed by atoms with E-state index in [-0.39, 0.29) is 11.3 Å². The van der Waals surface area contributed by atoms with Crippen molar-refractivity contribution in [2.45, 2.75) is 38.0 Å². The molecule has 29 heavy (non-hydrogen) atoms. The van der Waals surface area contributed by atoms with Crippen molar-refractivity contribution in [1.29, 1.82) is 0 Å². The summed E-state index contributed by atoms with van der Waals surface area (Å²) in [6.45, 7) is 2.67. The summed E-state index contributed by atoms with van der Waals surface area (Å²) >= 11 is 0. The number of carbonyl (C=O) groups is 1. The largest absolute Gasteiger partial charge is 0.433 e. The highest BCUT2D eigenvalue weighted by Gasteiger charge is 2.36. The second kappa shape index (κ2) is 7.03. The zero-order valence-electron chi connectivity index (χ0n) is 16.6. The van der Waals surface area contributed by atoms with Crippen LogP contribution < -0.4 is 5.32 Å². The highest BCUT2D eigenvalue weighted by atomic mass is 16.4. The van der Waals surface area contributed by atoms with Crippen molar-refractivity contribution in [1.82, 2.24) is 10.3 Å². The molecule has 1 saturated carbocycles. The Morgan fingerprint density at radius 1 is 1.03 bits per heavy atom. The molecular formula is C25H24N2O2. The first kappa shape index (κ1) is 17.9. The molecular weight excluding hydrogens is 360 g/mol. The number of aryl methyl sites for hydroxylation is 1. The van der Waals surface area contributed by atoms with Crippen LogP contribution in [0.2, 0.25) is 0 Å². The standard InChI is InChI=1S/C25H24N2O2/c1-17-9-10-18-14-19-15-22(29-24(19)27-21(18)13-17)23(28)26-16-25(11-5-6-12-25)20-7-3-2-4-8-20/h2-4,7-10,13-15H,5-6,11-12,16H2,1H3,(H,26,28). The lowest BCUT2D eigenvalue weighted by molar-refractivity contribution is 0.0917. The predicted octanol–water partition coefficient (Wildman–Crippen LogP) is 5.53. The topological polar surface area (TPSA) is 55.1 Å². The summed E-state index contributed by atoms with van der Waals surface area (Å²) in [7, 11) is 0. The Kier molecular flexibility index (Phi) is 4.35. The van der Waals surface area contributed by atoms with Gasteiger partial charge < -0.3 is 9.73 Å². The summed E-state index contributed by atoms with van der Waals surface area (Å²) < 4.78 is 5.81. The van der Waals surface area contributed by atoms with Gasteiger partial charge >= 0.3 is 0 Å². The third kappa shape index (κ3) is 3.29. The highest BCUT2D eigenvalue weighted by molar-refractivity contribution is 5.98. The quantitative estimate of drug-likeness (QED) is 0.503. The number of pyridine rings is 1. The van der Waals surface area contributed by atoms with Gasteiger partial charge in [0, 0.05) is 22.7 Å². The van der Waals surface area contributed by atoms with E-state index >= 15 is 0 Å². The molecule has 0 unspecified atom stereocenters. The molecule has 1 N–H and O–H groups in total. The molecule has 4 heteroatoms. The first-order chi connectivity index (χ1) is 14.1. The minimum Gasteiger partial charge on any atom is -0.433 e. The predicted molar refractivity (Wildman–Crippen MR) is 115 cm³/mol. The lowest BCUT2D eigenvalue weighted by Gasteiger charge is -2.29. The molecule has 0 bridgehead atoms. The van der Waals surface area contributed by atoms with E-state index in [0.717, 1.165) is 34.7 Å².